The highest BCUT2D eigenvalue weighted by atomic mass is 19.1. The van der Waals surface area contributed by atoms with Gasteiger partial charge in [0.25, 0.3) is 0 Å². The van der Waals surface area contributed by atoms with Gasteiger partial charge in [-0.25, -0.2) is 4.39 Å². The van der Waals surface area contributed by atoms with Gasteiger partial charge in [0.15, 0.2) is 0 Å². The maximum Gasteiger partial charge on any atom is 0.123 e. The Hall–Kier alpha value is -1.17. The Morgan fingerprint density at radius 3 is 2.37 bits per heavy atom. The Morgan fingerprint density at radius 1 is 1.16 bits per heavy atom. The molecule has 0 radical (unpaired) electrons. The molecule has 0 amide bonds. The maximum absolute atomic E-state index is 12.7. The highest BCUT2D eigenvalue weighted by Crippen LogP contribution is 2.11. The molecule has 0 aliphatic carbocycles. The zero-order valence-corrected chi connectivity index (χ0v) is 11.3. The lowest BCUT2D eigenvalue weighted by molar-refractivity contribution is 0.0908. The van der Waals surface area contributed by atoms with Gasteiger partial charge in [0, 0.05) is 13.1 Å². The van der Waals surface area contributed by atoms with Crippen LogP contribution in [0.3, 0.4) is 0 Å². The molecule has 0 aliphatic rings. The third-order valence-electron chi connectivity index (χ3n) is 2.76. The average Bonchev–Trinajstić information content (AvgIpc) is 2.37. The monoisotopic (exact) mass is 271 g/mol. The first kappa shape index (κ1) is 15.9. The Balaban J connectivity index is 2.17. The second kappa shape index (κ2) is 8.09. The Morgan fingerprint density at radius 2 is 1.79 bits per heavy atom. The number of benzene rings is 1. The lowest BCUT2D eigenvalue weighted by Crippen LogP contribution is -2.37. The van der Waals surface area contributed by atoms with Crippen LogP contribution in [0.15, 0.2) is 24.3 Å². The predicted octanol–water partition coefficient (Wildman–Crippen LogP) is 1.17. The van der Waals surface area contributed by atoms with Crippen molar-refractivity contribution in [1.82, 2.24) is 5.32 Å². The molecule has 0 heterocycles. The molecule has 0 saturated carbocycles. The van der Waals surface area contributed by atoms with E-state index in [-0.39, 0.29) is 18.3 Å². The van der Waals surface area contributed by atoms with E-state index in [1.54, 1.807) is 0 Å². The van der Waals surface area contributed by atoms with E-state index in [0.717, 1.165) is 0 Å². The highest BCUT2D eigenvalue weighted by Gasteiger charge is 2.10. The molecule has 0 aromatic heterocycles. The van der Waals surface area contributed by atoms with Crippen LogP contribution in [-0.2, 0) is 0 Å². The molecule has 0 aliphatic heterocycles. The van der Waals surface area contributed by atoms with Crippen molar-refractivity contribution < 1.29 is 19.3 Å². The lowest BCUT2D eigenvalue weighted by Gasteiger charge is -2.17. The van der Waals surface area contributed by atoms with Gasteiger partial charge in [0.2, 0.25) is 0 Å². The number of aliphatic hydroxyl groups excluding tert-OH is 2. The van der Waals surface area contributed by atoms with Gasteiger partial charge in [-0.1, -0.05) is 13.8 Å². The van der Waals surface area contributed by atoms with Crippen molar-refractivity contribution in [2.75, 3.05) is 19.7 Å². The molecule has 0 bridgehead atoms. The largest absolute Gasteiger partial charge is 0.491 e. The topological polar surface area (TPSA) is 61.7 Å². The van der Waals surface area contributed by atoms with Crippen LogP contribution in [0.1, 0.15) is 13.8 Å². The van der Waals surface area contributed by atoms with Gasteiger partial charge in [-0.05, 0) is 30.2 Å². The summed E-state index contributed by atoms with van der Waals surface area (Å²) in [7, 11) is 0. The first-order valence-electron chi connectivity index (χ1n) is 6.44. The number of aliphatic hydroxyl groups is 2. The third-order valence-corrected chi connectivity index (χ3v) is 2.76. The third kappa shape index (κ3) is 6.52. The van der Waals surface area contributed by atoms with Crippen molar-refractivity contribution in [2.24, 2.45) is 5.92 Å². The summed E-state index contributed by atoms with van der Waals surface area (Å²) in [5.74, 6) is 0.375. The van der Waals surface area contributed by atoms with Crippen LogP contribution >= 0.6 is 0 Å². The summed E-state index contributed by atoms with van der Waals surface area (Å²) in [5.41, 5.74) is 0. The summed E-state index contributed by atoms with van der Waals surface area (Å²) < 4.78 is 18.0. The SMILES string of the molecule is CC(C)C(O)CNCC(O)COc1ccc(F)cc1. The molecular formula is C14H22FNO3. The van der Waals surface area contributed by atoms with E-state index in [0.29, 0.717) is 18.8 Å². The molecule has 0 fully saturated rings. The maximum atomic E-state index is 12.7. The van der Waals surface area contributed by atoms with Crippen molar-refractivity contribution in [1.29, 1.82) is 0 Å². The summed E-state index contributed by atoms with van der Waals surface area (Å²) in [4.78, 5) is 0. The Kier molecular flexibility index (Phi) is 6.77. The molecule has 1 aromatic rings. The molecule has 2 atom stereocenters. The minimum absolute atomic E-state index is 0.121. The number of nitrogens with one attached hydrogen (secondary N) is 1. The smallest absolute Gasteiger partial charge is 0.123 e. The molecule has 1 aromatic carbocycles. The van der Waals surface area contributed by atoms with Gasteiger partial charge in [-0.15, -0.1) is 0 Å². The molecule has 19 heavy (non-hydrogen) atoms. The summed E-state index contributed by atoms with van der Waals surface area (Å²) in [5, 5.41) is 22.2. The zero-order chi connectivity index (χ0) is 14.3. The van der Waals surface area contributed by atoms with Gasteiger partial charge < -0.3 is 20.3 Å². The summed E-state index contributed by atoms with van der Waals surface area (Å²) in [6.45, 7) is 4.76. The zero-order valence-electron chi connectivity index (χ0n) is 11.3. The number of ether oxygens (including phenoxy) is 1. The fraction of sp³-hybridized carbons (Fsp3) is 0.571. The summed E-state index contributed by atoms with van der Waals surface area (Å²) >= 11 is 0. The van der Waals surface area contributed by atoms with Crippen LogP contribution in [0.5, 0.6) is 5.75 Å². The standard InChI is InChI=1S/C14H22FNO3/c1-10(2)14(18)8-16-7-12(17)9-19-13-5-3-11(15)4-6-13/h3-6,10,12,14,16-18H,7-9H2,1-2H3. The summed E-state index contributed by atoms with van der Waals surface area (Å²) in [6, 6.07) is 5.63. The van der Waals surface area contributed by atoms with Crippen LogP contribution in [0.4, 0.5) is 4.39 Å². The second-order valence-corrected chi connectivity index (χ2v) is 4.89. The fourth-order valence-corrected chi connectivity index (χ4v) is 1.42. The van der Waals surface area contributed by atoms with Crippen molar-refractivity contribution in [2.45, 2.75) is 26.1 Å². The van der Waals surface area contributed by atoms with Crippen LogP contribution in [-0.4, -0.2) is 42.1 Å². The number of hydrogen-bond acceptors (Lipinski definition) is 4. The minimum Gasteiger partial charge on any atom is -0.491 e. The van der Waals surface area contributed by atoms with Gasteiger partial charge in [-0.3, -0.25) is 0 Å². The number of rotatable bonds is 8. The van der Waals surface area contributed by atoms with Crippen LogP contribution in [0.25, 0.3) is 0 Å². The average molecular weight is 271 g/mol. The summed E-state index contributed by atoms with van der Waals surface area (Å²) in [6.07, 6.45) is -1.10. The predicted molar refractivity (Wildman–Crippen MR) is 71.6 cm³/mol. The van der Waals surface area contributed by atoms with Gasteiger partial charge >= 0.3 is 0 Å². The van der Waals surface area contributed by atoms with E-state index in [1.165, 1.54) is 24.3 Å². The molecular weight excluding hydrogens is 249 g/mol. The van der Waals surface area contributed by atoms with E-state index in [1.807, 2.05) is 13.8 Å². The fourth-order valence-electron chi connectivity index (χ4n) is 1.42. The van der Waals surface area contributed by atoms with E-state index < -0.39 is 12.2 Å². The Bertz CT molecular complexity index is 356. The number of halogens is 1. The first-order valence-corrected chi connectivity index (χ1v) is 6.44. The molecule has 0 spiro atoms. The molecule has 108 valence electrons. The van der Waals surface area contributed by atoms with Gasteiger partial charge in [0.1, 0.15) is 24.3 Å². The molecule has 2 unspecified atom stereocenters. The van der Waals surface area contributed by atoms with E-state index in [4.69, 9.17) is 4.74 Å². The quantitative estimate of drug-likeness (QED) is 0.664. The van der Waals surface area contributed by atoms with Crippen molar-refractivity contribution >= 4 is 0 Å². The molecule has 1 rings (SSSR count). The van der Waals surface area contributed by atoms with E-state index >= 15 is 0 Å². The van der Waals surface area contributed by atoms with Crippen LogP contribution in [0.2, 0.25) is 0 Å². The van der Waals surface area contributed by atoms with E-state index in [2.05, 4.69) is 5.32 Å². The van der Waals surface area contributed by atoms with E-state index in [9.17, 15) is 14.6 Å². The highest BCUT2D eigenvalue weighted by molar-refractivity contribution is 5.22. The lowest BCUT2D eigenvalue weighted by atomic mass is 10.1. The van der Waals surface area contributed by atoms with Crippen LogP contribution < -0.4 is 10.1 Å². The van der Waals surface area contributed by atoms with Gasteiger partial charge in [-0.2, -0.15) is 0 Å². The molecule has 3 N–H and O–H groups in total. The van der Waals surface area contributed by atoms with Gasteiger partial charge in [0.05, 0.1) is 6.10 Å². The molecule has 0 saturated heterocycles. The molecule has 4 nitrogen and oxygen atoms in total. The minimum atomic E-state index is -0.676. The van der Waals surface area contributed by atoms with Crippen LogP contribution in [0, 0.1) is 11.7 Å². The first-order chi connectivity index (χ1) is 8.99. The normalized spacial score (nSPS) is 14.4. The number of hydrogen-bond donors (Lipinski definition) is 3. The molecule has 5 heteroatoms. The Labute approximate surface area is 113 Å². The van der Waals surface area contributed by atoms with Crippen molar-refractivity contribution in [3.05, 3.63) is 30.1 Å². The second-order valence-electron chi connectivity index (χ2n) is 4.89. The van der Waals surface area contributed by atoms with Crippen molar-refractivity contribution in [3.8, 4) is 5.75 Å². The van der Waals surface area contributed by atoms with Crippen molar-refractivity contribution in [3.63, 3.8) is 0 Å².